The number of rotatable bonds is 4. The fourth-order valence-corrected chi connectivity index (χ4v) is 2.35. The van der Waals surface area contributed by atoms with Crippen molar-refractivity contribution in [2.75, 3.05) is 13.2 Å². The number of fused-ring (bicyclic) bond motifs is 1. The van der Waals surface area contributed by atoms with Crippen molar-refractivity contribution in [3.05, 3.63) is 58.1 Å². The number of nitrogens with one attached hydrogen (secondary N) is 1. The van der Waals surface area contributed by atoms with Crippen LogP contribution in [-0.2, 0) is 0 Å². The highest BCUT2D eigenvalue weighted by Gasteiger charge is 2.20. The summed E-state index contributed by atoms with van der Waals surface area (Å²) in [6.45, 7) is 2.46. The molecule has 1 unspecified atom stereocenters. The van der Waals surface area contributed by atoms with E-state index in [0.717, 1.165) is 5.75 Å². The maximum Gasteiger partial charge on any atom is 0.287 e. The SMILES string of the molecule is Cc1cc(=O)cc(C(=O)NCCC2COc3ccccc3O2)o1. The Hall–Kier alpha value is -2.76. The van der Waals surface area contributed by atoms with Crippen LogP contribution in [0.5, 0.6) is 11.5 Å². The van der Waals surface area contributed by atoms with Crippen molar-refractivity contribution in [3.63, 3.8) is 0 Å². The Morgan fingerprint density at radius 2 is 2.04 bits per heavy atom. The van der Waals surface area contributed by atoms with Gasteiger partial charge in [-0.3, -0.25) is 9.59 Å². The second kappa shape index (κ2) is 6.56. The minimum absolute atomic E-state index is 0.0150. The van der Waals surface area contributed by atoms with E-state index in [1.165, 1.54) is 12.1 Å². The largest absolute Gasteiger partial charge is 0.486 e. The minimum atomic E-state index is -0.414. The summed E-state index contributed by atoms with van der Waals surface area (Å²) in [5.41, 5.74) is -0.250. The molecule has 0 fully saturated rings. The van der Waals surface area contributed by atoms with Gasteiger partial charge >= 0.3 is 0 Å². The third-order valence-corrected chi connectivity index (χ3v) is 3.43. The van der Waals surface area contributed by atoms with Crippen LogP contribution in [0.15, 0.2) is 45.6 Å². The quantitative estimate of drug-likeness (QED) is 0.932. The standard InChI is InChI=1S/C17H17NO5/c1-11-8-12(19)9-16(22-11)17(20)18-7-6-13-10-21-14-4-2-3-5-15(14)23-13/h2-5,8-9,13H,6-7,10H2,1H3,(H,18,20). The van der Waals surface area contributed by atoms with Crippen LogP contribution in [0, 0.1) is 6.92 Å². The Morgan fingerprint density at radius 3 is 2.83 bits per heavy atom. The van der Waals surface area contributed by atoms with Gasteiger partial charge in [0, 0.05) is 25.1 Å². The molecule has 0 radical (unpaired) electrons. The number of para-hydroxylation sites is 2. The van der Waals surface area contributed by atoms with Gasteiger partial charge in [0.2, 0.25) is 0 Å². The molecule has 0 saturated carbocycles. The van der Waals surface area contributed by atoms with Crippen LogP contribution in [0.4, 0.5) is 0 Å². The molecule has 1 aliphatic heterocycles. The van der Waals surface area contributed by atoms with Crippen LogP contribution in [0.25, 0.3) is 0 Å². The molecule has 120 valence electrons. The molecule has 0 bridgehead atoms. The molecule has 0 spiro atoms. The van der Waals surface area contributed by atoms with Crippen LogP contribution >= 0.6 is 0 Å². The van der Waals surface area contributed by atoms with E-state index in [2.05, 4.69) is 5.32 Å². The highest BCUT2D eigenvalue weighted by molar-refractivity contribution is 5.91. The van der Waals surface area contributed by atoms with Crippen LogP contribution in [0.2, 0.25) is 0 Å². The Kier molecular flexibility index (Phi) is 4.32. The van der Waals surface area contributed by atoms with E-state index in [9.17, 15) is 9.59 Å². The number of benzene rings is 1. The third kappa shape index (κ3) is 3.71. The average molecular weight is 315 g/mol. The first-order chi connectivity index (χ1) is 11.1. The molecule has 3 rings (SSSR count). The number of aryl methyl sites for hydroxylation is 1. The number of ether oxygens (including phenoxy) is 2. The van der Waals surface area contributed by atoms with Crippen molar-refractivity contribution in [1.29, 1.82) is 0 Å². The molecule has 0 aliphatic carbocycles. The molecule has 1 aromatic carbocycles. The zero-order valence-corrected chi connectivity index (χ0v) is 12.7. The first kappa shape index (κ1) is 15.1. The molecule has 1 aromatic heterocycles. The van der Waals surface area contributed by atoms with Crippen LogP contribution in [0.1, 0.15) is 22.7 Å². The normalized spacial score (nSPS) is 16.0. The second-order valence-electron chi connectivity index (χ2n) is 5.31. The van der Waals surface area contributed by atoms with Gasteiger partial charge in [-0.25, -0.2) is 0 Å². The molecule has 2 heterocycles. The van der Waals surface area contributed by atoms with Crippen LogP contribution < -0.4 is 20.2 Å². The van der Waals surface area contributed by atoms with E-state index in [1.807, 2.05) is 24.3 Å². The maximum atomic E-state index is 12.0. The van der Waals surface area contributed by atoms with Crippen molar-refractivity contribution in [2.45, 2.75) is 19.4 Å². The highest BCUT2D eigenvalue weighted by Crippen LogP contribution is 2.31. The summed E-state index contributed by atoms with van der Waals surface area (Å²) in [5, 5.41) is 2.72. The number of hydrogen-bond donors (Lipinski definition) is 1. The fourth-order valence-electron chi connectivity index (χ4n) is 2.35. The van der Waals surface area contributed by atoms with Gasteiger partial charge in [-0.05, 0) is 19.1 Å². The monoisotopic (exact) mass is 315 g/mol. The molecule has 1 N–H and O–H groups in total. The smallest absolute Gasteiger partial charge is 0.287 e. The number of hydrogen-bond acceptors (Lipinski definition) is 5. The summed E-state index contributed by atoms with van der Waals surface area (Å²) in [5.74, 6) is 1.45. The lowest BCUT2D eigenvalue weighted by Crippen LogP contribution is -2.34. The summed E-state index contributed by atoms with van der Waals surface area (Å²) >= 11 is 0. The molecule has 1 amide bonds. The molecule has 1 atom stereocenters. The molecule has 0 saturated heterocycles. The molecule has 2 aromatic rings. The fraction of sp³-hybridized carbons (Fsp3) is 0.294. The molecule has 6 nitrogen and oxygen atoms in total. The minimum Gasteiger partial charge on any atom is -0.486 e. The van der Waals surface area contributed by atoms with Crippen LogP contribution in [0.3, 0.4) is 0 Å². The Morgan fingerprint density at radius 1 is 1.26 bits per heavy atom. The zero-order valence-electron chi connectivity index (χ0n) is 12.7. The van der Waals surface area contributed by atoms with Crippen LogP contribution in [-0.4, -0.2) is 25.2 Å². The molecule has 23 heavy (non-hydrogen) atoms. The first-order valence-corrected chi connectivity index (χ1v) is 7.40. The van der Waals surface area contributed by atoms with E-state index in [-0.39, 0.29) is 17.3 Å². The molecule has 1 aliphatic rings. The number of amides is 1. The average Bonchev–Trinajstić information content (AvgIpc) is 2.53. The summed E-state index contributed by atoms with van der Waals surface area (Å²) in [4.78, 5) is 23.4. The van der Waals surface area contributed by atoms with Gasteiger partial charge in [0.05, 0.1) is 0 Å². The van der Waals surface area contributed by atoms with Gasteiger partial charge in [0.15, 0.2) is 22.7 Å². The van der Waals surface area contributed by atoms with Gasteiger partial charge in [-0.2, -0.15) is 0 Å². The van der Waals surface area contributed by atoms with E-state index in [1.54, 1.807) is 6.92 Å². The van der Waals surface area contributed by atoms with E-state index in [0.29, 0.717) is 31.1 Å². The van der Waals surface area contributed by atoms with Crippen molar-refractivity contribution in [2.24, 2.45) is 0 Å². The lowest BCUT2D eigenvalue weighted by atomic mass is 10.2. The summed E-state index contributed by atoms with van der Waals surface area (Å²) < 4.78 is 16.7. The van der Waals surface area contributed by atoms with E-state index >= 15 is 0 Å². The lowest BCUT2D eigenvalue weighted by molar-refractivity contribution is 0.0802. The molecule has 6 heteroatoms. The topological polar surface area (TPSA) is 77.8 Å². The van der Waals surface area contributed by atoms with Gasteiger partial charge in [0.1, 0.15) is 18.5 Å². The number of carbonyl (C=O) groups is 1. The van der Waals surface area contributed by atoms with Crippen molar-refractivity contribution in [1.82, 2.24) is 5.32 Å². The summed E-state index contributed by atoms with van der Waals surface area (Å²) in [7, 11) is 0. The highest BCUT2D eigenvalue weighted by atomic mass is 16.6. The Labute approximate surface area is 133 Å². The predicted octanol–water partition coefficient (Wildman–Crippen LogP) is 1.91. The second-order valence-corrected chi connectivity index (χ2v) is 5.31. The van der Waals surface area contributed by atoms with Crippen molar-refractivity contribution in [3.8, 4) is 11.5 Å². The maximum absolute atomic E-state index is 12.0. The Balaban J connectivity index is 1.52. The van der Waals surface area contributed by atoms with Gasteiger partial charge in [0.25, 0.3) is 5.91 Å². The first-order valence-electron chi connectivity index (χ1n) is 7.40. The third-order valence-electron chi connectivity index (χ3n) is 3.43. The molecular formula is C17H17NO5. The Bertz CT molecular complexity index is 768. The van der Waals surface area contributed by atoms with Gasteiger partial charge in [-0.15, -0.1) is 0 Å². The summed E-state index contributed by atoms with van der Waals surface area (Å²) in [6.07, 6.45) is 0.463. The lowest BCUT2D eigenvalue weighted by Gasteiger charge is -2.26. The van der Waals surface area contributed by atoms with E-state index in [4.69, 9.17) is 13.9 Å². The van der Waals surface area contributed by atoms with Crippen molar-refractivity contribution >= 4 is 5.91 Å². The predicted molar refractivity (Wildman–Crippen MR) is 83.0 cm³/mol. The molecular weight excluding hydrogens is 298 g/mol. The zero-order chi connectivity index (χ0) is 16.2. The van der Waals surface area contributed by atoms with E-state index < -0.39 is 5.91 Å². The van der Waals surface area contributed by atoms with Gasteiger partial charge in [-0.1, -0.05) is 12.1 Å². The van der Waals surface area contributed by atoms with Crippen molar-refractivity contribution < 1.29 is 18.7 Å². The number of carbonyl (C=O) groups excluding carboxylic acids is 1. The summed E-state index contributed by atoms with van der Waals surface area (Å²) in [6, 6.07) is 9.99. The van der Waals surface area contributed by atoms with Gasteiger partial charge < -0.3 is 19.2 Å².